The normalized spacial score (nSPS) is 16.9. The van der Waals surface area contributed by atoms with E-state index in [9.17, 15) is 0 Å². The number of benzene rings is 1. The Morgan fingerprint density at radius 2 is 1.83 bits per heavy atom. The molecule has 1 fully saturated rings. The first-order valence-corrected chi connectivity index (χ1v) is 13.4. The smallest absolute Gasteiger partial charge is 0.197 e. The lowest BCUT2D eigenvalue weighted by atomic mass is 9.68. The van der Waals surface area contributed by atoms with Crippen molar-refractivity contribution in [1.82, 2.24) is 19.6 Å². The van der Waals surface area contributed by atoms with Crippen LogP contribution in [0.5, 0.6) is 0 Å². The largest absolute Gasteiger partial charge is 0.248 e. The summed E-state index contributed by atoms with van der Waals surface area (Å²) >= 11 is 3.64. The Morgan fingerprint density at radius 3 is 2.63 bits per heavy atom. The van der Waals surface area contributed by atoms with Crippen LogP contribution in [0.1, 0.15) is 69.9 Å². The summed E-state index contributed by atoms with van der Waals surface area (Å²) in [4.78, 5) is 5.30. The lowest BCUT2D eigenvalue weighted by Gasteiger charge is -2.36. The minimum atomic E-state index is 0.171. The highest BCUT2D eigenvalue weighted by Crippen LogP contribution is 2.52. The number of fused-ring (bicyclic) bond motifs is 6. The number of hydrogen-bond acceptors (Lipinski definition) is 5. The molecule has 0 N–H and O–H groups in total. The van der Waals surface area contributed by atoms with E-state index >= 15 is 0 Å². The Bertz CT molecular complexity index is 1050. The molecular formula is C24H30N4S2. The van der Waals surface area contributed by atoms with Gasteiger partial charge in [0.2, 0.25) is 0 Å². The second kappa shape index (κ2) is 8.54. The van der Waals surface area contributed by atoms with Gasteiger partial charge in [0, 0.05) is 22.3 Å². The summed E-state index contributed by atoms with van der Waals surface area (Å²) < 4.78 is 2.28. The third-order valence-electron chi connectivity index (χ3n) is 6.64. The van der Waals surface area contributed by atoms with Crippen LogP contribution in [0.2, 0.25) is 0 Å². The Hall–Kier alpha value is -1.53. The first kappa shape index (κ1) is 20.4. The van der Waals surface area contributed by atoms with Gasteiger partial charge < -0.3 is 0 Å². The molecule has 3 aromatic rings. The SMILES string of the molecule is CCCCCSc1nnc2c3c(nc(SCC)n12)-c1ccccc1CC31CCCC1. The Balaban J connectivity index is 1.71. The lowest BCUT2D eigenvalue weighted by molar-refractivity contribution is 0.431. The average molecular weight is 439 g/mol. The molecule has 4 nitrogen and oxygen atoms in total. The Kier molecular flexibility index (Phi) is 5.80. The van der Waals surface area contributed by atoms with Crippen LogP contribution in [0.3, 0.4) is 0 Å². The Labute approximate surface area is 187 Å². The summed E-state index contributed by atoms with van der Waals surface area (Å²) in [6.07, 6.45) is 9.91. The van der Waals surface area contributed by atoms with Crippen molar-refractivity contribution >= 4 is 29.2 Å². The van der Waals surface area contributed by atoms with Crippen molar-refractivity contribution in [3.8, 4) is 11.3 Å². The third-order valence-corrected chi connectivity index (χ3v) is 8.47. The fraction of sp³-hybridized carbons (Fsp3) is 0.542. The van der Waals surface area contributed by atoms with Crippen molar-refractivity contribution in [2.45, 2.75) is 80.9 Å². The third kappa shape index (κ3) is 3.36. The molecule has 2 aliphatic carbocycles. The molecule has 0 amide bonds. The molecule has 1 spiro atoms. The van der Waals surface area contributed by atoms with Gasteiger partial charge in [-0.25, -0.2) is 9.38 Å². The molecule has 5 rings (SSSR count). The first-order valence-electron chi connectivity index (χ1n) is 11.4. The van der Waals surface area contributed by atoms with Crippen LogP contribution in [0.25, 0.3) is 16.9 Å². The van der Waals surface area contributed by atoms with Gasteiger partial charge in [-0.2, -0.15) is 0 Å². The number of rotatable bonds is 7. The van der Waals surface area contributed by atoms with E-state index in [1.165, 1.54) is 61.6 Å². The van der Waals surface area contributed by atoms with Crippen LogP contribution in [-0.4, -0.2) is 31.1 Å². The van der Waals surface area contributed by atoms with Crippen molar-refractivity contribution in [2.75, 3.05) is 11.5 Å². The van der Waals surface area contributed by atoms with Crippen molar-refractivity contribution in [3.63, 3.8) is 0 Å². The van der Waals surface area contributed by atoms with Crippen LogP contribution in [0.15, 0.2) is 34.6 Å². The number of hydrogen-bond donors (Lipinski definition) is 0. The van der Waals surface area contributed by atoms with Gasteiger partial charge in [0.25, 0.3) is 0 Å². The van der Waals surface area contributed by atoms with Crippen molar-refractivity contribution < 1.29 is 0 Å². The predicted octanol–water partition coefficient (Wildman–Crippen LogP) is 6.55. The molecule has 6 heteroatoms. The maximum absolute atomic E-state index is 5.30. The molecular weight excluding hydrogens is 408 g/mol. The van der Waals surface area contributed by atoms with Gasteiger partial charge >= 0.3 is 0 Å². The zero-order valence-electron chi connectivity index (χ0n) is 18.0. The van der Waals surface area contributed by atoms with Crippen LogP contribution in [0.4, 0.5) is 0 Å². The van der Waals surface area contributed by atoms with E-state index in [0.29, 0.717) is 0 Å². The van der Waals surface area contributed by atoms with Crippen LogP contribution in [0, 0.1) is 0 Å². The average Bonchev–Trinajstić information content (AvgIpc) is 3.39. The van der Waals surface area contributed by atoms with E-state index in [1.54, 1.807) is 11.8 Å². The maximum atomic E-state index is 5.30. The molecule has 2 heterocycles. The molecule has 0 atom stereocenters. The maximum Gasteiger partial charge on any atom is 0.197 e. The van der Waals surface area contributed by atoms with Crippen LogP contribution in [-0.2, 0) is 11.8 Å². The van der Waals surface area contributed by atoms with E-state index in [-0.39, 0.29) is 5.41 Å². The molecule has 1 saturated carbocycles. The quantitative estimate of drug-likeness (QED) is 0.238. The molecule has 0 unspecified atom stereocenters. The fourth-order valence-electron chi connectivity index (χ4n) is 5.27. The van der Waals surface area contributed by atoms with Crippen molar-refractivity contribution in [1.29, 1.82) is 0 Å². The van der Waals surface area contributed by atoms with Gasteiger partial charge in [-0.1, -0.05) is 87.3 Å². The number of nitrogens with zero attached hydrogens (tertiary/aromatic N) is 4. The first-order chi connectivity index (χ1) is 14.8. The monoisotopic (exact) mass is 438 g/mol. The summed E-state index contributed by atoms with van der Waals surface area (Å²) in [5.74, 6) is 2.09. The molecule has 2 aromatic heterocycles. The zero-order valence-corrected chi connectivity index (χ0v) is 19.6. The van der Waals surface area contributed by atoms with Gasteiger partial charge in [0.15, 0.2) is 16.0 Å². The summed E-state index contributed by atoms with van der Waals surface area (Å²) in [7, 11) is 0. The fourth-order valence-corrected chi connectivity index (χ4v) is 6.97. The van der Waals surface area contributed by atoms with Gasteiger partial charge in [-0.3, -0.25) is 0 Å². The van der Waals surface area contributed by atoms with Crippen molar-refractivity contribution in [2.24, 2.45) is 0 Å². The number of thioether (sulfide) groups is 2. The number of unbranched alkanes of at least 4 members (excludes halogenated alkanes) is 2. The van der Waals surface area contributed by atoms with Gasteiger partial charge in [-0.05, 0) is 37.0 Å². The van der Waals surface area contributed by atoms with E-state index in [0.717, 1.165) is 39.6 Å². The lowest BCUT2D eigenvalue weighted by Crippen LogP contribution is -2.31. The molecule has 0 saturated heterocycles. The highest BCUT2D eigenvalue weighted by Gasteiger charge is 2.44. The van der Waals surface area contributed by atoms with E-state index in [1.807, 2.05) is 11.8 Å². The summed E-state index contributed by atoms with van der Waals surface area (Å²) in [5.41, 5.74) is 6.51. The Morgan fingerprint density at radius 1 is 1.00 bits per heavy atom. The summed E-state index contributed by atoms with van der Waals surface area (Å²) in [6.45, 7) is 4.45. The molecule has 2 aliphatic rings. The predicted molar refractivity (Wildman–Crippen MR) is 127 cm³/mol. The van der Waals surface area contributed by atoms with E-state index in [4.69, 9.17) is 10.1 Å². The minimum Gasteiger partial charge on any atom is -0.248 e. The summed E-state index contributed by atoms with van der Waals surface area (Å²) in [6, 6.07) is 8.87. The van der Waals surface area contributed by atoms with Gasteiger partial charge in [-0.15, -0.1) is 10.2 Å². The second-order valence-electron chi connectivity index (χ2n) is 8.57. The van der Waals surface area contributed by atoms with E-state index in [2.05, 4.69) is 47.6 Å². The molecule has 30 heavy (non-hydrogen) atoms. The van der Waals surface area contributed by atoms with Gasteiger partial charge in [0.1, 0.15) is 0 Å². The number of aromatic nitrogens is 4. The topological polar surface area (TPSA) is 43.1 Å². The molecule has 1 aromatic carbocycles. The molecule has 158 valence electrons. The molecule has 0 radical (unpaired) electrons. The highest BCUT2D eigenvalue weighted by molar-refractivity contribution is 7.99. The second-order valence-corrected chi connectivity index (χ2v) is 10.9. The van der Waals surface area contributed by atoms with Crippen LogP contribution >= 0.6 is 23.5 Å². The van der Waals surface area contributed by atoms with Gasteiger partial charge in [0.05, 0.1) is 5.69 Å². The minimum absolute atomic E-state index is 0.171. The molecule has 0 bridgehead atoms. The van der Waals surface area contributed by atoms with Crippen molar-refractivity contribution in [3.05, 3.63) is 35.4 Å². The van der Waals surface area contributed by atoms with E-state index < -0.39 is 0 Å². The van der Waals surface area contributed by atoms with Crippen LogP contribution < -0.4 is 0 Å². The summed E-state index contributed by atoms with van der Waals surface area (Å²) in [5, 5.41) is 11.5. The highest BCUT2D eigenvalue weighted by atomic mass is 32.2. The standard InChI is InChI=1S/C24H30N4S2/c1-3-5-10-15-30-23-27-26-21-19-20(25-22(28(21)23)29-4-2)18-12-7-6-11-17(18)16-24(19)13-8-9-14-24/h6-7,11-12H,3-5,8-10,13-16H2,1-2H3. The molecule has 0 aliphatic heterocycles. The zero-order chi connectivity index (χ0) is 20.6.